The van der Waals surface area contributed by atoms with Crippen LogP contribution >= 0.6 is 0 Å². The fourth-order valence-electron chi connectivity index (χ4n) is 0.459. The summed E-state index contributed by atoms with van der Waals surface area (Å²) in [5, 5.41) is 0. The molecule has 0 N–H and O–H groups in total. The van der Waals surface area contributed by atoms with Crippen molar-refractivity contribution in [2.75, 3.05) is 6.61 Å². The van der Waals surface area contributed by atoms with E-state index in [2.05, 4.69) is 6.92 Å². The predicted molar refractivity (Wildman–Crippen MR) is 40.4 cm³/mol. The summed E-state index contributed by atoms with van der Waals surface area (Å²) < 4.78 is 4.76. The van der Waals surface area contributed by atoms with Crippen molar-refractivity contribution in [2.45, 2.75) is 19.8 Å². The Hall–Kier alpha value is -0.790. The summed E-state index contributed by atoms with van der Waals surface area (Å²) in [6.45, 7) is 5.88. The zero-order valence-electron chi connectivity index (χ0n) is 6.30. The number of hydrogen-bond acceptors (Lipinski definition) is 2. The summed E-state index contributed by atoms with van der Waals surface area (Å²) in [5.74, 6) is -0.268. The fraction of sp³-hybridized carbons (Fsp3) is 0.500. The van der Waals surface area contributed by atoms with E-state index in [9.17, 15) is 4.79 Å². The van der Waals surface area contributed by atoms with E-state index in [1.165, 1.54) is 6.08 Å². The highest BCUT2D eigenvalue weighted by Crippen LogP contribution is 1.88. The first-order valence-electron chi connectivity index (χ1n) is 3.40. The average Bonchev–Trinajstić information content (AvgIpc) is 1.89. The van der Waals surface area contributed by atoms with Crippen LogP contribution in [-0.2, 0) is 9.53 Å². The van der Waals surface area contributed by atoms with E-state index in [1.807, 2.05) is 0 Å². The molecule has 0 unspecified atom stereocenters. The second-order valence-electron chi connectivity index (χ2n) is 1.87. The summed E-state index contributed by atoms with van der Waals surface area (Å²) >= 11 is 0. The molecule has 57 valence electrons. The first-order chi connectivity index (χ1) is 4.81. The highest BCUT2D eigenvalue weighted by atomic mass is 16.5. The van der Waals surface area contributed by atoms with Gasteiger partial charge < -0.3 is 4.74 Å². The van der Waals surface area contributed by atoms with E-state index in [0.29, 0.717) is 6.61 Å². The van der Waals surface area contributed by atoms with Gasteiger partial charge in [0.05, 0.1) is 6.61 Å². The van der Waals surface area contributed by atoms with Crippen LogP contribution in [0, 0.1) is 6.92 Å². The number of esters is 1. The third-order valence-electron chi connectivity index (χ3n) is 0.941. The van der Waals surface area contributed by atoms with Gasteiger partial charge in [-0.1, -0.05) is 19.4 Å². The van der Waals surface area contributed by atoms with Gasteiger partial charge in [-0.25, -0.2) is 4.79 Å². The van der Waals surface area contributed by atoms with Gasteiger partial charge in [-0.3, -0.25) is 0 Å². The number of allylic oxidation sites excluding steroid dienone is 1. The van der Waals surface area contributed by atoms with Crippen LogP contribution in [0.4, 0.5) is 0 Å². The monoisotopic (exact) mass is 141 g/mol. The Morgan fingerprint density at radius 3 is 2.90 bits per heavy atom. The molecule has 0 aliphatic heterocycles. The summed E-state index contributed by atoms with van der Waals surface area (Å²) in [6, 6.07) is 0. The van der Waals surface area contributed by atoms with E-state index < -0.39 is 0 Å². The number of unbranched alkanes of at least 4 members (excludes halogenated alkanes) is 1. The van der Waals surface area contributed by atoms with Crippen molar-refractivity contribution in [3.05, 3.63) is 19.1 Å². The maximum absolute atomic E-state index is 10.6. The molecule has 0 spiro atoms. The van der Waals surface area contributed by atoms with Crippen LogP contribution in [0.1, 0.15) is 19.8 Å². The Labute approximate surface area is 61.9 Å². The lowest BCUT2D eigenvalue weighted by molar-refractivity contribution is -0.137. The van der Waals surface area contributed by atoms with Crippen molar-refractivity contribution in [1.82, 2.24) is 0 Å². The van der Waals surface area contributed by atoms with Crippen LogP contribution in [0.15, 0.2) is 12.2 Å². The van der Waals surface area contributed by atoms with Crippen LogP contribution in [0.5, 0.6) is 0 Å². The van der Waals surface area contributed by atoms with Crippen molar-refractivity contribution in [1.29, 1.82) is 0 Å². The van der Waals surface area contributed by atoms with Gasteiger partial charge in [0.25, 0.3) is 0 Å². The third-order valence-corrected chi connectivity index (χ3v) is 0.941. The summed E-state index contributed by atoms with van der Waals surface area (Å²) in [7, 11) is 0. The lowest BCUT2D eigenvalue weighted by atomic mass is 10.4. The Bertz CT molecular complexity index is 116. The van der Waals surface area contributed by atoms with Gasteiger partial charge in [-0.15, -0.1) is 0 Å². The highest BCUT2D eigenvalue weighted by Gasteiger charge is 1.92. The van der Waals surface area contributed by atoms with Crippen LogP contribution in [-0.4, -0.2) is 12.6 Å². The number of ether oxygens (including phenoxy) is 1. The van der Waals surface area contributed by atoms with E-state index >= 15 is 0 Å². The second kappa shape index (κ2) is 6.33. The Morgan fingerprint density at radius 2 is 2.40 bits per heavy atom. The zero-order valence-corrected chi connectivity index (χ0v) is 6.30. The molecule has 2 heteroatoms. The number of carbonyl (C=O) groups is 1. The van der Waals surface area contributed by atoms with E-state index in [0.717, 1.165) is 12.8 Å². The van der Waals surface area contributed by atoms with Crippen molar-refractivity contribution in [2.24, 2.45) is 0 Å². The van der Waals surface area contributed by atoms with Crippen molar-refractivity contribution < 1.29 is 9.53 Å². The summed E-state index contributed by atoms with van der Waals surface area (Å²) in [6.07, 6.45) is 4.71. The highest BCUT2D eigenvalue weighted by molar-refractivity contribution is 5.81. The van der Waals surface area contributed by atoms with Crippen molar-refractivity contribution >= 4 is 5.97 Å². The first-order valence-corrected chi connectivity index (χ1v) is 3.40. The molecule has 0 aliphatic carbocycles. The maximum Gasteiger partial charge on any atom is 0.330 e. The SMILES string of the molecule is [CH2]CCCOC(=O)C=CC. The number of carbonyl (C=O) groups excluding carboxylic acids is 1. The lowest BCUT2D eigenvalue weighted by Crippen LogP contribution is -2.01. The molecular formula is C8H13O2. The fourth-order valence-corrected chi connectivity index (χ4v) is 0.459. The zero-order chi connectivity index (χ0) is 7.82. The minimum absolute atomic E-state index is 0.268. The molecule has 0 fully saturated rings. The molecule has 0 aromatic rings. The Kier molecular flexibility index (Phi) is 5.83. The van der Waals surface area contributed by atoms with Gasteiger partial charge in [-0.2, -0.15) is 0 Å². The molecule has 0 aromatic heterocycles. The molecule has 1 radical (unpaired) electrons. The second-order valence-corrected chi connectivity index (χ2v) is 1.87. The molecule has 0 bridgehead atoms. The Balaban J connectivity index is 3.22. The van der Waals surface area contributed by atoms with Gasteiger partial charge in [0.2, 0.25) is 0 Å². The van der Waals surface area contributed by atoms with Crippen LogP contribution in [0.3, 0.4) is 0 Å². The van der Waals surface area contributed by atoms with Gasteiger partial charge in [0.15, 0.2) is 0 Å². The lowest BCUT2D eigenvalue weighted by Gasteiger charge is -1.97. The van der Waals surface area contributed by atoms with Gasteiger partial charge in [0.1, 0.15) is 0 Å². The molecule has 0 rings (SSSR count). The molecular weight excluding hydrogens is 128 g/mol. The van der Waals surface area contributed by atoms with Crippen LogP contribution in [0.25, 0.3) is 0 Å². The standard InChI is InChI=1S/C8H13O2/c1-3-5-7-10-8(9)6-4-2/h4,6H,1,3,5,7H2,2H3. The van der Waals surface area contributed by atoms with Crippen molar-refractivity contribution in [3.63, 3.8) is 0 Å². The minimum Gasteiger partial charge on any atom is -0.463 e. The topological polar surface area (TPSA) is 26.3 Å². The minimum atomic E-state index is -0.268. The van der Waals surface area contributed by atoms with Crippen molar-refractivity contribution in [3.8, 4) is 0 Å². The smallest absolute Gasteiger partial charge is 0.330 e. The predicted octanol–water partition coefficient (Wildman–Crippen LogP) is 1.72. The number of rotatable bonds is 4. The van der Waals surface area contributed by atoms with Crippen LogP contribution < -0.4 is 0 Å². The summed E-state index contributed by atoms with van der Waals surface area (Å²) in [4.78, 5) is 10.6. The van der Waals surface area contributed by atoms with Gasteiger partial charge >= 0.3 is 5.97 Å². The molecule has 2 nitrogen and oxygen atoms in total. The molecule has 0 atom stereocenters. The largest absolute Gasteiger partial charge is 0.463 e. The van der Waals surface area contributed by atoms with Crippen LogP contribution in [0.2, 0.25) is 0 Å². The molecule has 0 heterocycles. The Morgan fingerprint density at radius 1 is 1.70 bits per heavy atom. The maximum atomic E-state index is 10.6. The van der Waals surface area contributed by atoms with Gasteiger partial charge in [0, 0.05) is 6.08 Å². The molecule has 0 saturated heterocycles. The first kappa shape index (κ1) is 9.21. The molecule has 0 aliphatic rings. The molecule has 0 amide bonds. The quantitative estimate of drug-likeness (QED) is 0.338. The summed E-state index contributed by atoms with van der Waals surface area (Å²) in [5.41, 5.74) is 0. The molecule has 0 aromatic carbocycles. The van der Waals surface area contributed by atoms with E-state index in [-0.39, 0.29) is 5.97 Å². The number of hydrogen-bond donors (Lipinski definition) is 0. The third kappa shape index (κ3) is 5.35. The average molecular weight is 141 g/mol. The normalized spacial score (nSPS) is 10.2. The van der Waals surface area contributed by atoms with E-state index in [4.69, 9.17) is 4.74 Å². The van der Waals surface area contributed by atoms with Gasteiger partial charge in [-0.05, 0) is 13.3 Å². The molecule has 10 heavy (non-hydrogen) atoms. The van der Waals surface area contributed by atoms with E-state index in [1.54, 1.807) is 13.0 Å². The molecule has 0 saturated carbocycles.